The number of piperidine rings is 1. The molecule has 8 heteroatoms. The summed E-state index contributed by atoms with van der Waals surface area (Å²) in [5.74, 6) is 0.778. The monoisotopic (exact) mass is 523 g/mol. The predicted octanol–water partition coefficient (Wildman–Crippen LogP) is 6.63. The Morgan fingerprint density at radius 1 is 0.848 bits per heavy atom. The average Bonchev–Trinajstić information content (AvgIpc) is 2.81. The van der Waals surface area contributed by atoms with Crippen LogP contribution in [0, 0.1) is 0 Å². The number of rotatable bonds is 7. The van der Waals surface area contributed by atoms with Crippen molar-refractivity contribution in [3.8, 4) is 16.9 Å². The van der Waals surface area contributed by atoms with Gasteiger partial charge in [-0.2, -0.15) is 0 Å². The van der Waals surface area contributed by atoms with Gasteiger partial charge in [0, 0.05) is 27.2 Å². The fourth-order valence-electron chi connectivity index (χ4n) is 4.01. The molecule has 3 aromatic rings. The molecule has 174 valence electrons. The Bertz CT molecular complexity index is 1190. The molecule has 0 N–H and O–H groups in total. The van der Waals surface area contributed by atoms with Gasteiger partial charge in [-0.25, -0.2) is 8.42 Å². The van der Waals surface area contributed by atoms with Gasteiger partial charge in [0.2, 0.25) is 0 Å². The van der Waals surface area contributed by atoms with Crippen LogP contribution in [0.1, 0.15) is 12.8 Å². The molecular weight excluding hydrogens is 501 g/mol. The van der Waals surface area contributed by atoms with E-state index in [1.165, 1.54) is 0 Å². The first-order valence-electron chi connectivity index (χ1n) is 10.7. The van der Waals surface area contributed by atoms with Crippen LogP contribution in [-0.4, -0.2) is 44.8 Å². The van der Waals surface area contributed by atoms with E-state index in [9.17, 15) is 8.42 Å². The van der Waals surface area contributed by atoms with E-state index in [0.717, 1.165) is 36.5 Å². The zero-order chi connectivity index (χ0) is 23.4. The van der Waals surface area contributed by atoms with Gasteiger partial charge in [-0.05, 0) is 80.0 Å². The summed E-state index contributed by atoms with van der Waals surface area (Å²) in [4.78, 5) is 2.59. The summed E-state index contributed by atoms with van der Waals surface area (Å²) in [6.07, 6.45) is 1.21. The quantitative estimate of drug-likeness (QED) is 0.348. The van der Waals surface area contributed by atoms with E-state index in [0.29, 0.717) is 39.4 Å². The number of nitrogens with zero attached hydrogens (tertiary/aromatic N) is 1. The lowest BCUT2D eigenvalue weighted by Crippen LogP contribution is -2.41. The summed E-state index contributed by atoms with van der Waals surface area (Å²) in [5, 5.41) is 1.39. The van der Waals surface area contributed by atoms with Gasteiger partial charge in [0.25, 0.3) is 0 Å². The Kier molecular flexibility index (Phi) is 7.87. The molecule has 0 aromatic heterocycles. The first kappa shape index (κ1) is 24.4. The van der Waals surface area contributed by atoms with Gasteiger partial charge in [0.1, 0.15) is 12.4 Å². The van der Waals surface area contributed by atoms with Gasteiger partial charge < -0.3 is 4.74 Å². The summed E-state index contributed by atoms with van der Waals surface area (Å²) < 4.78 is 32.1. The number of hydrogen-bond donors (Lipinski definition) is 0. The lowest BCUT2D eigenvalue weighted by atomic mass is 10.1. The van der Waals surface area contributed by atoms with Gasteiger partial charge in [0.15, 0.2) is 9.84 Å². The van der Waals surface area contributed by atoms with Crippen LogP contribution in [0.3, 0.4) is 0 Å². The fraction of sp³-hybridized carbons (Fsp3) is 0.280. The number of sulfone groups is 1. The first-order chi connectivity index (χ1) is 15.8. The van der Waals surface area contributed by atoms with E-state index in [-0.39, 0.29) is 5.25 Å². The SMILES string of the molecule is O=S(=O)(c1ccc(-c2ccc(Cl)cc2Cl)cc1)C1CCN(CCOc2ccc(Cl)cc2)CC1. The van der Waals surface area contributed by atoms with Crippen LogP contribution in [0.2, 0.25) is 15.1 Å². The topological polar surface area (TPSA) is 46.6 Å². The second-order valence-corrected chi connectivity index (χ2v) is 11.5. The maximum absolute atomic E-state index is 13.2. The van der Waals surface area contributed by atoms with Crippen LogP contribution < -0.4 is 4.74 Å². The van der Waals surface area contributed by atoms with E-state index in [1.807, 2.05) is 18.2 Å². The van der Waals surface area contributed by atoms with Crippen LogP contribution >= 0.6 is 34.8 Å². The Morgan fingerprint density at radius 2 is 1.48 bits per heavy atom. The molecule has 0 radical (unpaired) electrons. The summed E-state index contributed by atoms with van der Waals surface area (Å²) in [6.45, 7) is 2.76. The highest BCUT2D eigenvalue weighted by molar-refractivity contribution is 7.92. The molecule has 0 spiro atoms. The molecule has 4 nitrogen and oxygen atoms in total. The molecule has 1 heterocycles. The minimum Gasteiger partial charge on any atom is -0.492 e. The van der Waals surface area contributed by atoms with Gasteiger partial charge >= 0.3 is 0 Å². The standard InChI is InChI=1S/C25H24Cl3NO3S/c26-19-3-6-21(7-4-19)32-16-15-29-13-11-23(12-14-29)33(30,31)22-8-1-18(2-9-22)24-10-5-20(27)17-25(24)28/h1-10,17,23H,11-16H2. The Balaban J connectivity index is 1.32. The molecule has 1 saturated heterocycles. The molecule has 1 aliphatic rings. The van der Waals surface area contributed by atoms with E-state index in [4.69, 9.17) is 39.5 Å². The molecule has 33 heavy (non-hydrogen) atoms. The van der Waals surface area contributed by atoms with Crippen molar-refractivity contribution in [3.63, 3.8) is 0 Å². The maximum Gasteiger partial charge on any atom is 0.181 e. The van der Waals surface area contributed by atoms with Gasteiger partial charge in [0.05, 0.1) is 10.1 Å². The molecule has 1 aliphatic heterocycles. The van der Waals surface area contributed by atoms with Crippen molar-refractivity contribution >= 4 is 44.6 Å². The van der Waals surface area contributed by atoms with Crippen molar-refractivity contribution in [1.29, 1.82) is 0 Å². The van der Waals surface area contributed by atoms with Crippen LogP contribution in [0.4, 0.5) is 0 Å². The van der Waals surface area contributed by atoms with Crippen molar-refractivity contribution in [2.24, 2.45) is 0 Å². The number of ether oxygens (including phenoxy) is 1. The third-order valence-corrected chi connectivity index (χ3v) is 8.97. The summed E-state index contributed by atoms with van der Waals surface area (Å²) >= 11 is 18.1. The average molecular weight is 525 g/mol. The zero-order valence-corrected chi connectivity index (χ0v) is 21.0. The summed E-state index contributed by atoms with van der Waals surface area (Å²) in [5.41, 5.74) is 1.67. The second-order valence-electron chi connectivity index (χ2n) is 8.04. The van der Waals surface area contributed by atoms with E-state index in [2.05, 4.69) is 4.90 Å². The second kappa shape index (κ2) is 10.7. The highest BCUT2D eigenvalue weighted by atomic mass is 35.5. The Hall–Kier alpha value is -1.76. The minimum absolute atomic E-state index is 0.348. The highest BCUT2D eigenvalue weighted by Crippen LogP contribution is 2.32. The summed E-state index contributed by atoms with van der Waals surface area (Å²) in [7, 11) is -3.39. The molecule has 0 amide bonds. The Morgan fingerprint density at radius 3 is 2.12 bits per heavy atom. The molecule has 1 fully saturated rings. The number of halogens is 3. The smallest absolute Gasteiger partial charge is 0.181 e. The third-order valence-electron chi connectivity index (χ3n) is 5.89. The predicted molar refractivity (Wildman–Crippen MR) is 135 cm³/mol. The zero-order valence-electron chi connectivity index (χ0n) is 17.9. The van der Waals surface area contributed by atoms with Gasteiger partial charge in [-0.1, -0.05) is 53.0 Å². The molecule has 0 saturated carbocycles. The molecule has 0 unspecified atom stereocenters. The van der Waals surface area contributed by atoms with E-state index >= 15 is 0 Å². The first-order valence-corrected chi connectivity index (χ1v) is 13.4. The number of benzene rings is 3. The van der Waals surface area contributed by atoms with Crippen molar-refractivity contribution in [2.75, 3.05) is 26.2 Å². The lowest BCUT2D eigenvalue weighted by Gasteiger charge is -2.31. The minimum atomic E-state index is -3.39. The van der Waals surface area contributed by atoms with Crippen molar-refractivity contribution in [3.05, 3.63) is 81.8 Å². The van der Waals surface area contributed by atoms with Crippen molar-refractivity contribution in [2.45, 2.75) is 23.0 Å². The van der Waals surface area contributed by atoms with Crippen molar-refractivity contribution < 1.29 is 13.2 Å². The molecule has 0 aliphatic carbocycles. The number of likely N-dealkylation sites (tertiary alicyclic amines) is 1. The van der Waals surface area contributed by atoms with Crippen LogP contribution in [0.25, 0.3) is 11.1 Å². The van der Waals surface area contributed by atoms with Crippen LogP contribution in [0.15, 0.2) is 71.6 Å². The fourth-order valence-corrected chi connectivity index (χ4v) is 6.38. The molecule has 3 aromatic carbocycles. The molecular formula is C25H24Cl3NO3S. The largest absolute Gasteiger partial charge is 0.492 e. The molecule has 4 rings (SSSR count). The summed E-state index contributed by atoms with van der Waals surface area (Å²) in [6, 6.07) is 19.5. The third kappa shape index (κ3) is 6.03. The normalized spacial score (nSPS) is 15.5. The lowest BCUT2D eigenvalue weighted by molar-refractivity contribution is 0.184. The van der Waals surface area contributed by atoms with E-state index in [1.54, 1.807) is 48.5 Å². The highest BCUT2D eigenvalue weighted by Gasteiger charge is 2.31. The van der Waals surface area contributed by atoms with Crippen LogP contribution in [0.5, 0.6) is 5.75 Å². The van der Waals surface area contributed by atoms with Gasteiger partial charge in [-0.15, -0.1) is 0 Å². The van der Waals surface area contributed by atoms with Crippen LogP contribution in [-0.2, 0) is 9.84 Å². The number of hydrogen-bond acceptors (Lipinski definition) is 4. The Labute approximate surface area is 210 Å². The van der Waals surface area contributed by atoms with Crippen molar-refractivity contribution in [1.82, 2.24) is 4.90 Å². The van der Waals surface area contributed by atoms with Gasteiger partial charge in [-0.3, -0.25) is 4.90 Å². The molecule has 0 atom stereocenters. The molecule has 0 bridgehead atoms. The van der Waals surface area contributed by atoms with E-state index < -0.39 is 9.84 Å². The maximum atomic E-state index is 13.2.